The summed E-state index contributed by atoms with van der Waals surface area (Å²) in [7, 11) is 0. The minimum atomic E-state index is -1.12. The van der Waals surface area contributed by atoms with Crippen LogP contribution in [-0.2, 0) is 14.3 Å². The molecule has 7 nitrogen and oxygen atoms in total. The van der Waals surface area contributed by atoms with Crippen LogP contribution in [0.4, 0.5) is 5.69 Å². The molecule has 1 amide bonds. The SMILES string of the molecule is CC(OC(=O)COc1ccccc1Cl)C(=O)Nc1ccc2c(c1)C(=O)c1ccccc1C2=O. The van der Waals surface area contributed by atoms with Gasteiger partial charge in [0, 0.05) is 27.9 Å². The fourth-order valence-electron chi connectivity index (χ4n) is 3.40. The van der Waals surface area contributed by atoms with E-state index in [1.165, 1.54) is 25.1 Å². The Morgan fingerprint density at radius 3 is 2.18 bits per heavy atom. The molecule has 0 aliphatic heterocycles. The summed E-state index contributed by atoms with van der Waals surface area (Å²) in [4.78, 5) is 50.0. The van der Waals surface area contributed by atoms with Crippen LogP contribution in [0, 0.1) is 0 Å². The highest BCUT2D eigenvalue weighted by Gasteiger charge is 2.29. The number of anilines is 1. The number of ether oxygens (including phenoxy) is 2. The minimum absolute atomic E-state index is 0.203. The second-order valence-electron chi connectivity index (χ2n) is 7.30. The van der Waals surface area contributed by atoms with Crippen LogP contribution in [0.5, 0.6) is 5.75 Å². The van der Waals surface area contributed by atoms with Gasteiger partial charge in [0.05, 0.1) is 5.02 Å². The molecule has 4 rings (SSSR count). The number of carbonyl (C=O) groups excluding carboxylic acids is 4. The molecular formula is C25H18ClNO6. The minimum Gasteiger partial charge on any atom is -0.480 e. The quantitative estimate of drug-likeness (QED) is 0.433. The molecule has 1 aliphatic carbocycles. The van der Waals surface area contributed by atoms with Crippen molar-refractivity contribution in [2.24, 2.45) is 0 Å². The van der Waals surface area contributed by atoms with Gasteiger partial charge in [0.2, 0.25) is 0 Å². The molecule has 0 fully saturated rings. The van der Waals surface area contributed by atoms with Crippen molar-refractivity contribution in [1.82, 2.24) is 0 Å². The van der Waals surface area contributed by atoms with E-state index in [1.807, 2.05) is 0 Å². The molecular weight excluding hydrogens is 446 g/mol. The number of hydrogen-bond acceptors (Lipinski definition) is 6. The number of carbonyl (C=O) groups is 4. The third kappa shape index (κ3) is 4.63. The third-order valence-electron chi connectivity index (χ3n) is 5.05. The van der Waals surface area contributed by atoms with Crippen molar-refractivity contribution in [1.29, 1.82) is 0 Å². The van der Waals surface area contributed by atoms with Crippen molar-refractivity contribution in [2.45, 2.75) is 13.0 Å². The molecule has 0 aromatic heterocycles. The molecule has 0 heterocycles. The lowest BCUT2D eigenvalue weighted by Gasteiger charge is -2.19. The Morgan fingerprint density at radius 1 is 0.879 bits per heavy atom. The number of fused-ring (bicyclic) bond motifs is 2. The zero-order valence-corrected chi connectivity index (χ0v) is 18.2. The standard InChI is InChI=1S/C25H18ClNO6/c1-14(33-22(28)13-32-21-9-5-4-8-20(21)26)25(31)27-15-10-11-18-19(12-15)24(30)17-7-3-2-6-16(17)23(18)29/h2-12,14H,13H2,1H3,(H,27,31). The lowest BCUT2D eigenvalue weighted by atomic mass is 9.84. The highest BCUT2D eigenvalue weighted by molar-refractivity contribution is 6.32. The van der Waals surface area contributed by atoms with Gasteiger partial charge in [0.25, 0.3) is 5.91 Å². The zero-order chi connectivity index (χ0) is 23.5. The number of ketones is 2. The van der Waals surface area contributed by atoms with Crippen molar-refractivity contribution >= 4 is 40.7 Å². The maximum absolute atomic E-state index is 12.8. The summed E-state index contributed by atoms with van der Waals surface area (Å²) in [6.07, 6.45) is -1.12. The van der Waals surface area contributed by atoms with Crippen molar-refractivity contribution in [3.8, 4) is 5.75 Å². The summed E-state index contributed by atoms with van der Waals surface area (Å²) >= 11 is 5.97. The summed E-state index contributed by atoms with van der Waals surface area (Å²) in [5.41, 5.74) is 1.45. The molecule has 1 atom stereocenters. The number of halogens is 1. The summed E-state index contributed by atoms with van der Waals surface area (Å²) in [6.45, 7) is 0.988. The molecule has 0 radical (unpaired) electrons. The summed E-state index contributed by atoms with van der Waals surface area (Å²) < 4.78 is 10.4. The smallest absolute Gasteiger partial charge is 0.344 e. The second kappa shape index (κ2) is 9.26. The lowest BCUT2D eigenvalue weighted by molar-refractivity contribution is -0.155. The van der Waals surface area contributed by atoms with E-state index in [0.29, 0.717) is 27.6 Å². The Labute approximate surface area is 194 Å². The van der Waals surface area contributed by atoms with Crippen LogP contribution in [0.25, 0.3) is 0 Å². The molecule has 8 heteroatoms. The summed E-state index contributed by atoms with van der Waals surface area (Å²) in [5.74, 6) is -1.58. The largest absolute Gasteiger partial charge is 0.480 e. The van der Waals surface area contributed by atoms with Crippen LogP contribution in [0.2, 0.25) is 5.02 Å². The molecule has 0 spiro atoms. The van der Waals surface area contributed by atoms with Crippen molar-refractivity contribution < 1.29 is 28.7 Å². The molecule has 1 unspecified atom stereocenters. The maximum Gasteiger partial charge on any atom is 0.344 e. The Hall–Kier alpha value is -3.97. The van der Waals surface area contributed by atoms with Crippen LogP contribution >= 0.6 is 11.6 Å². The molecule has 33 heavy (non-hydrogen) atoms. The average Bonchev–Trinajstić information content (AvgIpc) is 2.82. The van der Waals surface area contributed by atoms with E-state index in [4.69, 9.17) is 21.1 Å². The fraction of sp³-hybridized carbons (Fsp3) is 0.120. The molecule has 1 N–H and O–H groups in total. The van der Waals surface area contributed by atoms with E-state index in [2.05, 4.69) is 5.32 Å². The highest BCUT2D eigenvalue weighted by atomic mass is 35.5. The van der Waals surface area contributed by atoms with E-state index in [0.717, 1.165) is 0 Å². The van der Waals surface area contributed by atoms with Gasteiger partial charge in [-0.15, -0.1) is 0 Å². The monoisotopic (exact) mass is 463 g/mol. The van der Waals surface area contributed by atoms with Crippen molar-refractivity contribution in [2.75, 3.05) is 11.9 Å². The summed E-state index contributed by atoms with van der Waals surface area (Å²) in [6, 6.07) is 17.7. The Bertz CT molecular complexity index is 1290. The number of rotatable bonds is 6. The normalized spacial score (nSPS) is 12.9. The Morgan fingerprint density at radius 2 is 1.48 bits per heavy atom. The average molecular weight is 464 g/mol. The van der Waals surface area contributed by atoms with Gasteiger partial charge in [-0.3, -0.25) is 14.4 Å². The van der Waals surface area contributed by atoms with Crippen molar-refractivity contribution in [3.63, 3.8) is 0 Å². The second-order valence-corrected chi connectivity index (χ2v) is 7.71. The Kier molecular flexibility index (Phi) is 6.24. The first kappa shape index (κ1) is 22.2. The zero-order valence-electron chi connectivity index (χ0n) is 17.5. The molecule has 0 bridgehead atoms. The summed E-state index contributed by atoms with van der Waals surface area (Å²) in [5, 5.41) is 2.94. The van der Waals surface area contributed by atoms with Crippen molar-refractivity contribution in [3.05, 3.63) is 94.0 Å². The third-order valence-corrected chi connectivity index (χ3v) is 5.36. The van der Waals surface area contributed by atoms with Crippen LogP contribution in [-0.4, -0.2) is 36.2 Å². The van der Waals surface area contributed by atoms with E-state index in [-0.39, 0.29) is 22.7 Å². The number of benzene rings is 3. The molecule has 3 aromatic carbocycles. The van der Waals surface area contributed by atoms with E-state index >= 15 is 0 Å². The van der Waals surface area contributed by atoms with Gasteiger partial charge in [-0.2, -0.15) is 0 Å². The Balaban J connectivity index is 1.39. The fourth-order valence-corrected chi connectivity index (χ4v) is 3.59. The number of hydrogen-bond donors (Lipinski definition) is 1. The maximum atomic E-state index is 12.8. The molecule has 3 aromatic rings. The number of para-hydroxylation sites is 1. The first-order valence-electron chi connectivity index (χ1n) is 10.1. The molecule has 1 aliphatic rings. The van der Waals surface area contributed by atoms with Gasteiger partial charge in [0.1, 0.15) is 5.75 Å². The molecule has 166 valence electrons. The van der Waals surface area contributed by atoms with Gasteiger partial charge in [-0.1, -0.05) is 48.0 Å². The van der Waals surface area contributed by atoms with Gasteiger partial charge < -0.3 is 14.8 Å². The van der Waals surface area contributed by atoms with Gasteiger partial charge in [-0.25, -0.2) is 4.79 Å². The van der Waals surface area contributed by atoms with Crippen LogP contribution in [0.1, 0.15) is 38.8 Å². The van der Waals surface area contributed by atoms with Crippen LogP contribution in [0.15, 0.2) is 66.7 Å². The molecule has 0 saturated carbocycles. The topological polar surface area (TPSA) is 98.8 Å². The number of nitrogens with one attached hydrogen (secondary N) is 1. The molecule has 0 saturated heterocycles. The van der Waals surface area contributed by atoms with Gasteiger partial charge in [-0.05, 0) is 37.3 Å². The van der Waals surface area contributed by atoms with Gasteiger partial charge >= 0.3 is 5.97 Å². The predicted octanol–water partition coefficient (Wildman–Crippen LogP) is 4.06. The van der Waals surface area contributed by atoms with E-state index < -0.39 is 24.6 Å². The van der Waals surface area contributed by atoms with Crippen LogP contribution < -0.4 is 10.1 Å². The van der Waals surface area contributed by atoms with E-state index in [1.54, 1.807) is 48.5 Å². The predicted molar refractivity (Wildman–Crippen MR) is 121 cm³/mol. The van der Waals surface area contributed by atoms with Crippen LogP contribution in [0.3, 0.4) is 0 Å². The number of amides is 1. The van der Waals surface area contributed by atoms with Gasteiger partial charge in [0.15, 0.2) is 24.3 Å². The lowest BCUT2D eigenvalue weighted by Crippen LogP contribution is -2.32. The van der Waals surface area contributed by atoms with E-state index in [9.17, 15) is 19.2 Å². The highest BCUT2D eigenvalue weighted by Crippen LogP contribution is 2.29. The first-order chi connectivity index (χ1) is 15.8. The first-order valence-corrected chi connectivity index (χ1v) is 10.4. The number of esters is 1.